The van der Waals surface area contributed by atoms with E-state index in [9.17, 15) is 35.1 Å². The van der Waals surface area contributed by atoms with E-state index in [2.05, 4.69) is 0 Å². The summed E-state index contributed by atoms with van der Waals surface area (Å²) < 4.78 is 6.06. The summed E-state index contributed by atoms with van der Waals surface area (Å²) in [4.78, 5) is 26.8. The van der Waals surface area contributed by atoms with Gasteiger partial charge in [-0.15, -0.1) is 0 Å². The van der Waals surface area contributed by atoms with Crippen molar-refractivity contribution in [3.8, 4) is 34.5 Å². The number of fused-ring (bicyclic) bond motifs is 1. The first-order valence-corrected chi connectivity index (χ1v) is 11.6. The summed E-state index contributed by atoms with van der Waals surface area (Å²) in [6.45, 7) is 0. The maximum absolute atomic E-state index is 13.7. The van der Waals surface area contributed by atoms with Gasteiger partial charge in [0, 0.05) is 17.7 Å². The highest BCUT2D eigenvalue weighted by Gasteiger charge is 2.42. The Labute approximate surface area is 217 Å². The number of benzene rings is 4. The number of phenolic OH excluding ortho intramolecular Hbond substituents is 5. The monoisotopic (exact) mass is 510 g/mol. The van der Waals surface area contributed by atoms with Crippen LogP contribution in [-0.4, -0.2) is 37.1 Å². The minimum Gasteiger partial charge on any atom is -0.508 e. The molecule has 0 aromatic heterocycles. The van der Waals surface area contributed by atoms with Gasteiger partial charge in [0.2, 0.25) is 0 Å². The molecule has 0 amide bonds. The Morgan fingerprint density at radius 1 is 0.684 bits per heavy atom. The van der Waals surface area contributed by atoms with Crippen molar-refractivity contribution < 1.29 is 39.9 Å². The molecule has 2 unspecified atom stereocenters. The van der Waals surface area contributed by atoms with E-state index in [0.717, 1.165) is 6.07 Å². The molecule has 4 aromatic rings. The zero-order valence-corrected chi connectivity index (χ0v) is 19.8. The summed E-state index contributed by atoms with van der Waals surface area (Å²) in [5.74, 6) is -2.73. The second kappa shape index (κ2) is 9.67. The predicted octanol–water partition coefficient (Wildman–Crippen LogP) is 5.21. The molecule has 5 rings (SSSR count). The predicted molar refractivity (Wildman–Crippen MR) is 138 cm³/mol. The van der Waals surface area contributed by atoms with Crippen LogP contribution in [-0.2, 0) is 0 Å². The van der Waals surface area contributed by atoms with Crippen LogP contribution in [0.1, 0.15) is 49.4 Å². The van der Waals surface area contributed by atoms with Gasteiger partial charge >= 0.3 is 0 Å². The minimum atomic E-state index is -1.02. The van der Waals surface area contributed by atoms with Crippen LogP contribution in [0.3, 0.4) is 0 Å². The van der Waals surface area contributed by atoms with Crippen molar-refractivity contribution in [2.75, 3.05) is 0 Å². The lowest BCUT2D eigenvalue weighted by Gasteiger charge is -2.19. The molecule has 0 bridgehead atoms. The van der Waals surface area contributed by atoms with Crippen molar-refractivity contribution in [1.82, 2.24) is 0 Å². The average Bonchev–Trinajstić information content (AvgIpc) is 3.26. The van der Waals surface area contributed by atoms with Gasteiger partial charge in [0.1, 0.15) is 40.6 Å². The van der Waals surface area contributed by atoms with Gasteiger partial charge in [-0.3, -0.25) is 9.59 Å². The summed E-state index contributed by atoms with van der Waals surface area (Å²) >= 11 is 0. The minimum absolute atomic E-state index is 0.0225. The number of ether oxygens (including phenoxy) is 1. The third-order valence-electron chi connectivity index (χ3n) is 6.36. The Balaban J connectivity index is 1.57. The second-order valence-electron chi connectivity index (χ2n) is 8.87. The van der Waals surface area contributed by atoms with Gasteiger partial charge in [0.05, 0.1) is 17.0 Å². The van der Waals surface area contributed by atoms with Gasteiger partial charge < -0.3 is 30.3 Å². The molecule has 0 fully saturated rings. The van der Waals surface area contributed by atoms with Gasteiger partial charge in [-0.25, -0.2) is 0 Å². The number of carbonyl (C=O) groups excluding carboxylic acids is 2. The molecule has 1 heterocycles. The Bertz CT molecular complexity index is 1570. The van der Waals surface area contributed by atoms with Crippen molar-refractivity contribution in [3.05, 3.63) is 113 Å². The number of aromatic hydroxyl groups is 5. The molecule has 0 aliphatic carbocycles. The molecule has 8 nitrogen and oxygen atoms in total. The van der Waals surface area contributed by atoms with E-state index in [0.29, 0.717) is 16.7 Å². The smallest absolute Gasteiger partial charge is 0.189 e. The van der Waals surface area contributed by atoms with E-state index in [-0.39, 0.29) is 39.9 Å². The molecule has 1 aliphatic rings. The number of rotatable bonds is 6. The molecule has 1 aliphatic heterocycles. The standard InChI is InChI=1S/C30H22O8/c31-18-6-1-16(2-7-18)3-12-24(34)22-14-23-27(15-26(22)36)38-30(17-4-8-19(32)9-5-17)28(23)29(37)21-11-10-20(33)13-25(21)35/h1-15,28,30-33,35-36H/b12-3+. The Morgan fingerprint density at radius 2 is 1.29 bits per heavy atom. The van der Waals surface area contributed by atoms with Crippen molar-refractivity contribution in [2.24, 2.45) is 0 Å². The molecule has 0 saturated carbocycles. The summed E-state index contributed by atoms with van der Waals surface area (Å²) in [6.07, 6.45) is 1.91. The molecule has 0 saturated heterocycles. The van der Waals surface area contributed by atoms with Gasteiger partial charge in [0.25, 0.3) is 0 Å². The number of allylic oxidation sites excluding steroid dienone is 1. The van der Waals surface area contributed by atoms with Crippen molar-refractivity contribution in [2.45, 2.75) is 12.0 Å². The summed E-state index contributed by atoms with van der Waals surface area (Å²) in [5, 5.41) is 49.8. The van der Waals surface area contributed by atoms with E-state index in [1.165, 1.54) is 60.7 Å². The van der Waals surface area contributed by atoms with Crippen LogP contribution >= 0.6 is 0 Å². The van der Waals surface area contributed by atoms with Crippen LogP contribution in [0, 0.1) is 0 Å². The maximum atomic E-state index is 13.7. The van der Waals surface area contributed by atoms with Crippen molar-refractivity contribution in [1.29, 1.82) is 0 Å². The summed E-state index contributed by atoms with van der Waals surface area (Å²) in [6, 6.07) is 18.6. The Hall–Kier alpha value is -5.24. The van der Waals surface area contributed by atoms with E-state index in [1.54, 1.807) is 24.3 Å². The SMILES string of the molecule is O=C(/C=C/c1ccc(O)cc1)c1cc2c(cc1O)OC(c1ccc(O)cc1)C2C(=O)c1ccc(O)cc1O. The lowest BCUT2D eigenvalue weighted by atomic mass is 9.83. The fourth-order valence-electron chi connectivity index (χ4n) is 4.44. The van der Waals surface area contributed by atoms with E-state index in [4.69, 9.17) is 4.74 Å². The highest BCUT2D eigenvalue weighted by Crippen LogP contribution is 2.50. The second-order valence-corrected chi connectivity index (χ2v) is 8.87. The van der Waals surface area contributed by atoms with Crippen LogP contribution in [0.4, 0.5) is 0 Å². The van der Waals surface area contributed by atoms with E-state index < -0.39 is 29.3 Å². The number of phenols is 5. The molecule has 190 valence electrons. The van der Waals surface area contributed by atoms with Crippen LogP contribution in [0.25, 0.3) is 6.08 Å². The van der Waals surface area contributed by atoms with Gasteiger partial charge in [0.15, 0.2) is 11.6 Å². The largest absolute Gasteiger partial charge is 0.508 e. The van der Waals surface area contributed by atoms with Crippen LogP contribution in [0.2, 0.25) is 0 Å². The summed E-state index contributed by atoms with van der Waals surface area (Å²) in [5.41, 5.74) is 1.43. The third-order valence-corrected chi connectivity index (χ3v) is 6.36. The van der Waals surface area contributed by atoms with Crippen molar-refractivity contribution in [3.63, 3.8) is 0 Å². The van der Waals surface area contributed by atoms with E-state index >= 15 is 0 Å². The molecule has 38 heavy (non-hydrogen) atoms. The Morgan fingerprint density at radius 3 is 1.95 bits per heavy atom. The number of hydrogen-bond acceptors (Lipinski definition) is 8. The highest BCUT2D eigenvalue weighted by molar-refractivity contribution is 6.10. The van der Waals surface area contributed by atoms with Crippen LogP contribution < -0.4 is 4.74 Å². The molecule has 2 atom stereocenters. The highest BCUT2D eigenvalue weighted by atomic mass is 16.5. The fraction of sp³-hybridized carbons (Fsp3) is 0.0667. The third kappa shape index (κ3) is 4.62. The number of ketones is 2. The number of hydrogen-bond donors (Lipinski definition) is 5. The average molecular weight is 510 g/mol. The lowest BCUT2D eigenvalue weighted by Crippen LogP contribution is -2.19. The van der Waals surface area contributed by atoms with Crippen LogP contribution in [0.5, 0.6) is 34.5 Å². The zero-order chi connectivity index (χ0) is 27.0. The molecule has 0 spiro atoms. The molecule has 4 aromatic carbocycles. The summed E-state index contributed by atoms with van der Waals surface area (Å²) in [7, 11) is 0. The normalized spacial score (nSPS) is 16.2. The molecule has 0 radical (unpaired) electrons. The number of carbonyl (C=O) groups is 2. The zero-order valence-electron chi connectivity index (χ0n) is 19.8. The van der Waals surface area contributed by atoms with Crippen LogP contribution in [0.15, 0.2) is 84.9 Å². The fourth-order valence-corrected chi connectivity index (χ4v) is 4.44. The lowest BCUT2D eigenvalue weighted by molar-refractivity contribution is 0.0892. The van der Waals surface area contributed by atoms with E-state index in [1.807, 2.05) is 0 Å². The van der Waals surface area contributed by atoms with Gasteiger partial charge in [-0.05, 0) is 59.7 Å². The van der Waals surface area contributed by atoms with Gasteiger partial charge in [-0.1, -0.05) is 30.3 Å². The van der Waals surface area contributed by atoms with Gasteiger partial charge in [-0.2, -0.15) is 0 Å². The first kappa shape index (κ1) is 24.5. The molecular formula is C30H22O8. The molecular weight excluding hydrogens is 488 g/mol. The Kier molecular flexibility index (Phi) is 6.22. The number of Topliss-reactive ketones (excluding diaryl/α,β-unsaturated/α-hetero) is 1. The maximum Gasteiger partial charge on any atom is 0.189 e. The quantitative estimate of drug-likeness (QED) is 0.176. The topological polar surface area (TPSA) is 145 Å². The first-order valence-electron chi connectivity index (χ1n) is 11.6. The molecule has 5 N–H and O–H groups in total. The van der Waals surface area contributed by atoms with Crippen molar-refractivity contribution >= 4 is 17.6 Å². The first-order chi connectivity index (χ1) is 18.2. The molecule has 8 heteroatoms.